The molecule has 0 aliphatic carbocycles. The van der Waals surface area contributed by atoms with Gasteiger partial charge >= 0.3 is 0 Å². The van der Waals surface area contributed by atoms with E-state index in [1.54, 1.807) is 12.1 Å². The molecule has 1 aromatic rings. The van der Waals surface area contributed by atoms with Crippen LogP contribution in [-0.4, -0.2) is 0 Å². The summed E-state index contributed by atoms with van der Waals surface area (Å²) in [5, 5.41) is 8.29. The van der Waals surface area contributed by atoms with Crippen molar-refractivity contribution >= 4 is 0 Å². The Morgan fingerprint density at radius 2 is 1.60 bits per heavy atom. The fourth-order valence-corrected chi connectivity index (χ4v) is 0.513. The van der Waals surface area contributed by atoms with E-state index >= 15 is 0 Å². The van der Waals surface area contributed by atoms with E-state index in [0.717, 1.165) is 0 Å². The molecular formula is C8H8NW-. The fourth-order valence-electron chi connectivity index (χ4n) is 0.513. The zero-order valence-electron chi connectivity index (χ0n) is 5.74. The molecule has 0 aliphatic heterocycles. The normalized spacial score (nSPS) is 6.30. The molecule has 1 aromatic carbocycles. The maximum absolute atomic E-state index is 8.29. The predicted octanol–water partition coefficient (Wildman–Crippen LogP) is 2.01. The first-order valence-electron chi connectivity index (χ1n) is 2.38. The van der Waals surface area contributed by atoms with Crippen LogP contribution in [0.1, 0.15) is 5.56 Å². The van der Waals surface area contributed by atoms with Gasteiger partial charge in [-0.2, -0.15) is 5.26 Å². The summed E-state index contributed by atoms with van der Waals surface area (Å²) in [6.07, 6.45) is 0. The van der Waals surface area contributed by atoms with Crippen LogP contribution in [0.4, 0.5) is 0 Å². The van der Waals surface area contributed by atoms with Gasteiger partial charge in [0.2, 0.25) is 0 Å². The van der Waals surface area contributed by atoms with Crippen LogP contribution in [0.15, 0.2) is 30.3 Å². The fraction of sp³-hybridized carbons (Fsp3) is 0. The second kappa shape index (κ2) is 6.52. The molecule has 0 fully saturated rings. The van der Waals surface area contributed by atoms with E-state index in [1.807, 2.05) is 24.3 Å². The van der Waals surface area contributed by atoms with Crippen LogP contribution >= 0.6 is 0 Å². The average Bonchev–Trinajstić information content (AvgIpc) is 1.90. The molecule has 0 saturated carbocycles. The van der Waals surface area contributed by atoms with Crippen LogP contribution < -0.4 is 0 Å². The van der Waals surface area contributed by atoms with Gasteiger partial charge in [-0.15, -0.1) is 0 Å². The van der Waals surface area contributed by atoms with Crippen molar-refractivity contribution in [1.82, 2.24) is 0 Å². The summed E-state index contributed by atoms with van der Waals surface area (Å²) in [7, 11) is 0. The molecule has 0 radical (unpaired) electrons. The molecule has 0 N–H and O–H groups in total. The quantitative estimate of drug-likeness (QED) is 0.673. The number of benzene rings is 1. The number of nitrogens with zero attached hydrogens (tertiary/aromatic N) is 1. The third-order valence-corrected chi connectivity index (χ3v) is 0.903. The maximum atomic E-state index is 8.29. The molecule has 0 aromatic heterocycles. The molecule has 0 amide bonds. The third-order valence-electron chi connectivity index (χ3n) is 0.903. The molecule has 0 heterocycles. The van der Waals surface area contributed by atoms with Crippen LogP contribution in [0.25, 0.3) is 0 Å². The molecular weight excluding hydrogens is 294 g/mol. The second-order valence-corrected chi connectivity index (χ2v) is 1.48. The van der Waals surface area contributed by atoms with E-state index < -0.39 is 0 Å². The van der Waals surface area contributed by atoms with Crippen molar-refractivity contribution in [1.29, 1.82) is 5.26 Å². The summed E-state index contributed by atoms with van der Waals surface area (Å²) in [6.45, 7) is 0. The van der Waals surface area contributed by atoms with Gasteiger partial charge in [0, 0.05) is 21.1 Å². The average molecular weight is 302 g/mol. The zero-order chi connectivity index (χ0) is 5.82. The first-order valence-corrected chi connectivity index (χ1v) is 2.38. The molecule has 0 spiro atoms. The summed E-state index contributed by atoms with van der Waals surface area (Å²) in [5.74, 6) is 0. The summed E-state index contributed by atoms with van der Waals surface area (Å²) in [6, 6.07) is 11.2. The molecule has 0 aliphatic rings. The van der Waals surface area contributed by atoms with Gasteiger partial charge in [-0.05, 0) is 12.1 Å². The Labute approximate surface area is 75.9 Å². The van der Waals surface area contributed by atoms with E-state index in [4.69, 9.17) is 5.26 Å². The van der Waals surface area contributed by atoms with Gasteiger partial charge in [-0.1, -0.05) is 18.2 Å². The summed E-state index contributed by atoms with van der Waals surface area (Å²) < 4.78 is 0. The Bertz CT molecular complexity index is 200. The standard InChI is InChI=1S/C7H5N.CH3.W/c8-6-7-4-2-1-3-5-7;;/h1-5H;1H3;/q;-1;. The molecule has 1 rings (SSSR count). The third kappa shape index (κ3) is 3.43. The number of hydrogen-bond acceptors (Lipinski definition) is 1. The topological polar surface area (TPSA) is 23.8 Å². The van der Waals surface area contributed by atoms with Crippen LogP contribution in [0.2, 0.25) is 0 Å². The number of nitriles is 1. The molecule has 2 heteroatoms. The van der Waals surface area contributed by atoms with Gasteiger partial charge in [-0.3, -0.25) is 0 Å². The van der Waals surface area contributed by atoms with Crippen LogP contribution in [0, 0.1) is 18.8 Å². The monoisotopic (exact) mass is 302 g/mol. The van der Waals surface area contributed by atoms with Crippen molar-refractivity contribution in [2.75, 3.05) is 0 Å². The molecule has 1 nitrogen and oxygen atoms in total. The van der Waals surface area contributed by atoms with E-state index in [2.05, 4.69) is 0 Å². The van der Waals surface area contributed by atoms with Crippen molar-refractivity contribution in [2.45, 2.75) is 0 Å². The van der Waals surface area contributed by atoms with Crippen molar-refractivity contribution in [3.8, 4) is 6.07 Å². The second-order valence-electron chi connectivity index (χ2n) is 1.48. The molecule has 0 unspecified atom stereocenters. The largest absolute Gasteiger partial charge is 0.358 e. The number of hydrogen-bond donors (Lipinski definition) is 0. The SMILES string of the molecule is N#Cc1ccccc1.[CH3-].[W]. The van der Waals surface area contributed by atoms with Crippen LogP contribution in [0.3, 0.4) is 0 Å². The Morgan fingerprint density at radius 1 is 1.10 bits per heavy atom. The van der Waals surface area contributed by atoms with Crippen LogP contribution in [0.5, 0.6) is 0 Å². The van der Waals surface area contributed by atoms with Gasteiger partial charge in [0.15, 0.2) is 0 Å². The van der Waals surface area contributed by atoms with Gasteiger partial charge in [0.1, 0.15) is 0 Å². The minimum atomic E-state index is 0. The Kier molecular flexibility index (Phi) is 7.89. The van der Waals surface area contributed by atoms with E-state index in [9.17, 15) is 0 Å². The first-order chi connectivity index (χ1) is 3.93. The molecule has 10 heavy (non-hydrogen) atoms. The number of rotatable bonds is 0. The van der Waals surface area contributed by atoms with E-state index in [0.29, 0.717) is 5.56 Å². The molecule has 0 atom stereocenters. The van der Waals surface area contributed by atoms with Crippen molar-refractivity contribution < 1.29 is 21.1 Å². The first kappa shape index (κ1) is 12.1. The summed E-state index contributed by atoms with van der Waals surface area (Å²) >= 11 is 0. The summed E-state index contributed by atoms with van der Waals surface area (Å²) in [4.78, 5) is 0. The molecule has 0 bridgehead atoms. The smallest absolute Gasteiger partial charge is 0.0991 e. The molecule has 52 valence electrons. The predicted molar refractivity (Wildman–Crippen MR) is 37.6 cm³/mol. The maximum Gasteiger partial charge on any atom is 0.0991 e. The van der Waals surface area contributed by atoms with Gasteiger partial charge in [-0.25, -0.2) is 0 Å². The van der Waals surface area contributed by atoms with Gasteiger partial charge < -0.3 is 7.43 Å². The van der Waals surface area contributed by atoms with Crippen molar-refractivity contribution in [3.05, 3.63) is 43.3 Å². The van der Waals surface area contributed by atoms with Gasteiger partial charge in [0.25, 0.3) is 0 Å². The van der Waals surface area contributed by atoms with Crippen LogP contribution in [-0.2, 0) is 21.1 Å². The Morgan fingerprint density at radius 3 is 1.90 bits per heavy atom. The Hall–Kier alpha value is -0.602. The van der Waals surface area contributed by atoms with Gasteiger partial charge in [0.05, 0.1) is 11.6 Å². The van der Waals surface area contributed by atoms with Crippen molar-refractivity contribution in [3.63, 3.8) is 0 Å². The van der Waals surface area contributed by atoms with E-state index in [1.165, 1.54) is 0 Å². The molecule has 0 saturated heterocycles. The van der Waals surface area contributed by atoms with E-state index in [-0.39, 0.29) is 28.5 Å². The zero-order valence-corrected chi connectivity index (χ0v) is 8.68. The summed E-state index contributed by atoms with van der Waals surface area (Å²) in [5.41, 5.74) is 0.715. The Balaban J connectivity index is 0. The van der Waals surface area contributed by atoms with Crippen molar-refractivity contribution in [2.24, 2.45) is 0 Å². The minimum absolute atomic E-state index is 0. The minimum Gasteiger partial charge on any atom is -0.358 e.